The van der Waals surface area contributed by atoms with Crippen molar-refractivity contribution < 1.29 is 23.8 Å². The van der Waals surface area contributed by atoms with Crippen molar-refractivity contribution >= 4 is 5.97 Å². The largest absolute Gasteiger partial charge is 0.505 e. The predicted molar refractivity (Wildman–Crippen MR) is 35.9 cm³/mol. The molecule has 0 fully saturated rings. The number of carboxylic acids is 1. The molecule has 0 bridgehead atoms. The van der Waals surface area contributed by atoms with E-state index in [1.807, 2.05) is 0 Å². The molecule has 0 spiro atoms. The molecule has 1 aliphatic carbocycles. The molecular formula is C7H6F2O3. The molecule has 0 aromatic heterocycles. The number of hydrogen-bond donors (Lipinski definition) is 2. The van der Waals surface area contributed by atoms with Crippen LogP contribution in [0.15, 0.2) is 23.7 Å². The number of rotatable bonds is 1. The van der Waals surface area contributed by atoms with E-state index >= 15 is 0 Å². The topological polar surface area (TPSA) is 57.5 Å². The van der Waals surface area contributed by atoms with Gasteiger partial charge in [0.15, 0.2) is 5.83 Å². The molecule has 1 aliphatic rings. The van der Waals surface area contributed by atoms with E-state index in [9.17, 15) is 13.6 Å². The number of carboxylic acid groups (broad SMARTS) is 1. The molecule has 2 atom stereocenters. The van der Waals surface area contributed by atoms with Crippen molar-refractivity contribution in [1.29, 1.82) is 0 Å². The Morgan fingerprint density at radius 3 is 2.58 bits per heavy atom. The van der Waals surface area contributed by atoms with Crippen molar-refractivity contribution in [2.24, 2.45) is 5.92 Å². The van der Waals surface area contributed by atoms with Crippen molar-refractivity contribution in [1.82, 2.24) is 0 Å². The van der Waals surface area contributed by atoms with Crippen molar-refractivity contribution in [2.75, 3.05) is 0 Å². The van der Waals surface area contributed by atoms with Crippen LogP contribution in [0.2, 0.25) is 0 Å². The Kier molecular flexibility index (Phi) is 2.12. The molecule has 2 N–H and O–H groups in total. The zero-order chi connectivity index (χ0) is 9.30. The van der Waals surface area contributed by atoms with Gasteiger partial charge in [0.2, 0.25) is 0 Å². The van der Waals surface area contributed by atoms with Crippen LogP contribution < -0.4 is 0 Å². The summed E-state index contributed by atoms with van der Waals surface area (Å²) in [7, 11) is 0. The molecule has 0 saturated carbocycles. The molecule has 0 aromatic rings. The summed E-state index contributed by atoms with van der Waals surface area (Å²) in [5.74, 6) is -4.88. The Balaban J connectivity index is 2.91. The van der Waals surface area contributed by atoms with Gasteiger partial charge in [0.1, 0.15) is 17.8 Å². The average Bonchev–Trinajstić information content (AvgIpc) is 1.96. The van der Waals surface area contributed by atoms with Crippen LogP contribution in [0.1, 0.15) is 0 Å². The summed E-state index contributed by atoms with van der Waals surface area (Å²) in [6.07, 6.45) is -0.838. The van der Waals surface area contributed by atoms with E-state index < -0.39 is 29.6 Å². The summed E-state index contributed by atoms with van der Waals surface area (Å²) in [5.41, 5.74) is 0. The van der Waals surface area contributed by atoms with Gasteiger partial charge >= 0.3 is 5.97 Å². The van der Waals surface area contributed by atoms with Gasteiger partial charge in [0.05, 0.1) is 0 Å². The zero-order valence-corrected chi connectivity index (χ0v) is 5.87. The second kappa shape index (κ2) is 2.92. The molecule has 0 radical (unpaired) electrons. The monoisotopic (exact) mass is 176 g/mol. The van der Waals surface area contributed by atoms with Gasteiger partial charge in [-0.15, -0.1) is 0 Å². The van der Waals surface area contributed by atoms with Gasteiger partial charge in [-0.3, -0.25) is 4.79 Å². The number of aliphatic hydroxyl groups excluding tert-OH is 1. The molecule has 0 aromatic carbocycles. The number of halogens is 2. The Labute approximate surface area is 66.6 Å². The lowest BCUT2D eigenvalue weighted by Crippen LogP contribution is -2.24. The van der Waals surface area contributed by atoms with E-state index in [0.717, 1.165) is 0 Å². The molecule has 0 amide bonds. The lowest BCUT2D eigenvalue weighted by atomic mass is 9.98. The lowest BCUT2D eigenvalue weighted by molar-refractivity contribution is -0.141. The van der Waals surface area contributed by atoms with Crippen LogP contribution >= 0.6 is 0 Å². The Hall–Kier alpha value is -1.39. The van der Waals surface area contributed by atoms with Crippen molar-refractivity contribution in [3.05, 3.63) is 23.7 Å². The fraction of sp³-hybridized carbons (Fsp3) is 0.286. The lowest BCUT2D eigenvalue weighted by Gasteiger charge is -2.14. The van der Waals surface area contributed by atoms with Gasteiger partial charge in [-0.1, -0.05) is 0 Å². The standard InChI is InChI=1S/C7H6F2O3/c8-4-2-5(9)6(10)1-3(4)7(11)12/h1-4,10H,(H,11,12). The molecule has 12 heavy (non-hydrogen) atoms. The number of aliphatic carboxylic acids is 1. The van der Waals surface area contributed by atoms with Crippen LogP contribution in [0, 0.1) is 5.92 Å². The molecule has 0 aliphatic heterocycles. The first-order chi connectivity index (χ1) is 5.52. The molecule has 0 saturated heterocycles. The second-order valence-corrected chi connectivity index (χ2v) is 2.37. The maximum absolute atomic E-state index is 12.7. The second-order valence-electron chi connectivity index (χ2n) is 2.37. The predicted octanol–water partition coefficient (Wildman–Crippen LogP) is 1.33. The summed E-state index contributed by atoms with van der Waals surface area (Å²) < 4.78 is 25.0. The maximum atomic E-state index is 12.7. The molecule has 2 unspecified atom stereocenters. The van der Waals surface area contributed by atoms with Crippen LogP contribution in [0.3, 0.4) is 0 Å². The van der Waals surface area contributed by atoms with Crippen molar-refractivity contribution in [3.63, 3.8) is 0 Å². The maximum Gasteiger partial charge on any atom is 0.313 e. The van der Waals surface area contributed by atoms with Crippen LogP contribution in [-0.2, 0) is 4.79 Å². The van der Waals surface area contributed by atoms with E-state index in [4.69, 9.17) is 10.2 Å². The van der Waals surface area contributed by atoms with E-state index in [2.05, 4.69) is 0 Å². The molecule has 1 rings (SSSR count). The first kappa shape index (κ1) is 8.70. The molecule has 66 valence electrons. The first-order valence-corrected chi connectivity index (χ1v) is 3.17. The summed E-state index contributed by atoms with van der Waals surface area (Å²) in [6, 6.07) is 0. The Bertz CT molecular complexity index is 270. The number of carbonyl (C=O) groups is 1. The minimum atomic E-state index is -1.92. The summed E-state index contributed by atoms with van der Waals surface area (Å²) >= 11 is 0. The highest BCUT2D eigenvalue weighted by Gasteiger charge is 2.30. The number of aliphatic hydroxyl groups is 1. The minimum Gasteiger partial charge on any atom is -0.505 e. The normalized spacial score (nSPS) is 29.2. The van der Waals surface area contributed by atoms with Crippen molar-refractivity contribution in [3.8, 4) is 0 Å². The summed E-state index contributed by atoms with van der Waals surface area (Å²) in [5, 5.41) is 17.1. The molecule has 5 heteroatoms. The molecule has 3 nitrogen and oxygen atoms in total. The summed E-state index contributed by atoms with van der Waals surface area (Å²) in [6.45, 7) is 0. The molecule has 0 heterocycles. The fourth-order valence-electron chi connectivity index (χ4n) is 0.878. The van der Waals surface area contributed by atoms with E-state index in [-0.39, 0.29) is 0 Å². The van der Waals surface area contributed by atoms with E-state index in [1.165, 1.54) is 0 Å². The Morgan fingerprint density at radius 1 is 1.50 bits per heavy atom. The number of allylic oxidation sites excluding steroid dienone is 2. The average molecular weight is 176 g/mol. The van der Waals surface area contributed by atoms with E-state index in [0.29, 0.717) is 12.2 Å². The van der Waals surface area contributed by atoms with Crippen molar-refractivity contribution in [2.45, 2.75) is 6.17 Å². The number of alkyl halides is 1. The van der Waals surface area contributed by atoms with Gasteiger partial charge in [-0.05, 0) is 12.2 Å². The van der Waals surface area contributed by atoms with E-state index in [1.54, 1.807) is 0 Å². The van der Waals surface area contributed by atoms with Gasteiger partial charge < -0.3 is 10.2 Å². The van der Waals surface area contributed by atoms with Crippen LogP contribution in [-0.4, -0.2) is 22.4 Å². The van der Waals surface area contributed by atoms with Crippen LogP contribution in [0.5, 0.6) is 0 Å². The highest BCUT2D eigenvalue weighted by Crippen LogP contribution is 2.24. The SMILES string of the molecule is O=C(O)C1C=C(O)C(F)=CC1F. The van der Waals surface area contributed by atoms with Crippen LogP contribution in [0.4, 0.5) is 8.78 Å². The first-order valence-electron chi connectivity index (χ1n) is 3.17. The van der Waals surface area contributed by atoms with Gasteiger partial charge in [-0.25, -0.2) is 8.78 Å². The van der Waals surface area contributed by atoms with Gasteiger partial charge in [0, 0.05) is 0 Å². The zero-order valence-electron chi connectivity index (χ0n) is 5.87. The third-order valence-electron chi connectivity index (χ3n) is 1.52. The van der Waals surface area contributed by atoms with Crippen LogP contribution in [0.25, 0.3) is 0 Å². The minimum absolute atomic E-state index is 0.439. The fourth-order valence-corrected chi connectivity index (χ4v) is 0.878. The summed E-state index contributed by atoms with van der Waals surface area (Å²) in [4.78, 5) is 10.3. The highest BCUT2D eigenvalue weighted by atomic mass is 19.1. The highest BCUT2D eigenvalue weighted by molar-refractivity contribution is 5.74. The third-order valence-corrected chi connectivity index (χ3v) is 1.52. The molecular weight excluding hydrogens is 170 g/mol. The number of hydrogen-bond acceptors (Lipinski definition) is 2. The smallest absolute Gasteiger partial charge is 0.313 e. The van der Waals surface area contributed by atoms with Gasteiger partial charge in [-0.2, -0.15) is 0 Å². The third kappa shape index (κ3) is 1.44. The van der Waals surface area contributed by atoms with Gasteiger partial charge in [0.25, 0.3) is 0 Å². The quantitative estimate of drug-likeness (QED) is 0.633. The Morgan fingerprint density at radius 2 is 2.08 bits per heavy atom.